The Labute approximate surface area is 220 Å². The fourth-order valence-electron chi connectivity index (χ4n) is 4.81. The third kappa shape index (κ3) is 5.89. The van der Waals surface area contributed by atoms with Crippen LogP contribution < -0.4 is 5.32 Å². The summed E-state index contributed by atoms with van der Waals surface area (Å²) in [5, 5.41) is 11.2. The summed E-state index contributed by atoms with van der Waals surface area (Å²) in [5.74, 6) is -1.36. The molecule has 5 rings (SSSR count). The Bertz CT molecular complexity index is 1390. The van der Waals surface area contributed by atoms with Crippen LogP contribution in [0.4, 0.5) is 4.39 Å². The van der Waals surface area contributed by atoms with Gasteiger partial charge in [0.15, 0.2) is 0 Å². The Hall–Kier alpha value is -4.11. The summed E-state index contributed by atoms with van der Waals surface area (Å²) in [4.78, 5) is 29.0. The quantitative estimate of drug-likeness (QED) is 0.348. The summed E-state index contributed by atoms with van der Waals surface area (Å²) in [6.45, 7) is 1.03. The van der Waals surface area contributed by atoms with E-state index in [9.17, 15) is 9.59 Å². The molecule has 196 valence electrons. The summed E-state index contributed by atoms with van der Waals surface area (Å²) < 4.78 is 22.3. The van der Waals surface area contributed by atoms with Crippen LogP contribution in [0.3, 0.4) is 0 Å². The maximum absolute atomic E-state index is 15.1. The largest absolute Gasteiger partial charge is 0.376 e. The molecule has 2 amide bonds. The molecule has 1 N–H and O–H groups in total. The van der Waals surface area contributed by atoms with Crippen molar-refractivity contribution in [1.29, 1.82) is 0 Å². The van der Waals surface area contributed by atoms with Crippen LogP contribution in [0.15, 0.2) is 78.9 Å². The van der Waals surface area contributed by atoms with Crippen molar-refractivity contribution in [2.45, 2.75) is 38.0 Å². The molecule has 1 aliphatic rings. The van der Waals surface area contributed by atoms with Crippen molar-refractivity contribution < 1.29 is 18.7 Å². The smallest absolute Gasteiger partial charge is 0.247 e. The molecule has 1 saturated heterocycles. The third-order valence-corrected chi connectivity index (χ3v) is 6.80. The number of aromatic nitrogens is 3. The van der Waals surface area contributed by atoms with Crippen LogP contribution in [-0.2, 0) is 27.3 Å². The molecule has 8 nitrogen and oxygen atoms in total. The number of benzene rings is 3. The Morgan fingerprint density at radius 2 is 1.82 bits per heavy atom. The highest BCUT2D eigenvalue weighted by molar-refractivity contribution is 5.89. The van der Waals surface area contributed by atoms with E-state index in [1.807, 2.05) is 54.6 Å². The standard InChI is InChI=1S/C29H30FN5O3/c30-24-13-5-4-12-23(24)28(29(37)31-19-22-11-8-18-38-22)34(17-16-21-9-2-1-3-10-21)27(36)20-35-26-15-7-6-14-25(26)32-33-35/h1-7,9-10,12-15,22,28H,8,11,16-20H2,(H,31,37)/t22-,28+/m0/s1. The lowest BCUT2D eigenvalue weighted by atomic mass is 10.0. The minimum absolute atomic E-state index is 0.0878. The first-order chi connectivity index (χ1) is 18.6. The molecular weight excluding hydrogens is 485 g/mol. The molecule has 1 aliphatic heterocycles. The molecular formula is C29H30FN5O3. The van der Waals surface area contributed by atoms with E-state index in [4.69, 9.17) is 4.74 Å². The molecule has 2 atom stereocenters. The Kier molecular flexibility index (Phi) is 8.04. The Morgan fingerprint density at radius 1 is 1.05 bits per heavy atom. The van der Waals surface area contributed by atoms with Crippen molar-refractivity contribution in [3.8, 4) is 0 Å². The van der Waals surface area contributed by atoms with E-state index in [0.717, 1.165) is 18.4 Å². The topological polar surface area (TPSA) is 89.4 Å². The number of nitrogens with one attached hydrogen (secondary N) is 1. The average molecular weight is 516 g/mol. The van der Waals surface area contributed by atoms with Crippen molar-refractivity contribution in [2.24, 2.45) is 0 Å². The van der Waals surface area contributed by atoms with Gasteiger partial charge in [-0.1, -0.05) is 65.9 Å². The van der Waals surface area contributed by atoms with E-state index < -0.39 is 17.8 Å². The number of nitrogens with zero attached hydrogens (tertiary/aromatic N) is 4. The zero-order valence-corrected chi connectivity index (χ0v) is 21.0. The first-order valence-corrected chi connectivity index (χ1v) is 12.9. The lowest BCUT2D eigenvalue weighted by Gasteiger charge is -2.32. The van der Waals surface area contributed by atoms with Gasteiger partial charge in [-0.15, -0.1) is 5.10 Å². The molecule has 2 heterocycles. The highest BCUT2D eigenvalue weighted by Crippen LogP contribution is 2.26. The number of rotatable bonds is 10. The van der Waals surface area contributed by atoms with Crippen LogP contribution in [-0.4, -0.2) is 57.5 Å². The van der Waals surface area contributed by atoms with Crippen LogP contribution in [0.25, 0.3) is 11.0 Å². The van der Waals surface area contributed by atoms with Crippen LogP contribution >= 0.6 is 0 Å². The predicted octanol–water partition coefficient (Wildman–Crippen LogP) is 3.68. The first-order valence-electron chi connectivity index (χ1n) is 12.9. The van der Waals surface area contributed by atoms with E-state index in [1.54, 1.807) is 18.2 Å². The molecule has 9 heteroatoms. The highest BCUT2D eigenvalue weighted by atomic mass is 19.1. The molecule has 0 aliphatic carbocycles. The van der Waals surface area contributed by atoms with Crippen molar-refractivity contribution in [2.75, 3.05) is 19.7 Å². The van der Waals surface area contributed by atoms with Gasteiger partial charge >= 0.3 is 0 Å². The number of carbonyl (C=O) groups is 2. The van der Waals surface area contributed by atoms with Crippen molar-refractivity contribution in [3.63, 3.8) is 0 Å². The number of carbonyl (C=O) groups excluding carboxylic acids is 2. The second-order valence-electron chi connectivity index (χ2n) is 9.36. The number of fused-ring (bicyclic) bond motifs is 1. The lowest BCUT2D eigenvalue weighted by Crippen LogP contribution is -2.47. The van der Waals surface area contributed by atoms with Crippen molar-refractivity contribution >= 4 is 22.8 Å². The average Bonchev–Trinajstić information content (AvgIpc) is 3.61. The number of amides is 2. The van der Waals surface area contributed by atoms with E-state index in [2.05, 4.69) is 15.6 Å². The minimum Gasteiger partial charge on any atom is -0.376 e. The van der Waals surface area contributed by atoms with E-state index in [-0.39, 0.29) is 30.7 Å². The molecule has 38 heavy (non-hydrogen) atoms. The number of para-hydroxylation sites is 1. The molecule has 1 fully saturated rings. The van der Waals surface area contributed by atoms with E-state index in [1.165, 1.54) is 15.6 Å². The van der Waals surface area contributed by atoms with Gasteiger partial charge in [-0.3, -0.25) is 9.59 Å². The minimum atomic E-state index is -1.16. The lowest BCUT2D eigenvalue weighted by molar-refractivity contribution is -0.141. The van der Waals surface area contributed by atoms with Crippen molar-refractivity contribution in [3.05, 3.63) is 95.8 Å². The SMILES string of the molecule is O=C(NC[C@@H]1CCCO1)[C@@H](c1ccccc1F)N(CCc1ccccc1)C(=O)Cn1nnc2ccccc21. The number of halogens is 1. The second-order valence-corrected chi connectivity index (χ2v) is 9.36. The van der Waals surface area contributed by atoms with Gasteiger partial charge < -0.3 is 15.0 Å². The molecule has 4 aromatic rings. The summed E-state index contributed by atoms with van der Waals surface area (Å²) in [6, 6.07) is 22.0. The fraction of sp³-hybridized carbons (Fsp3) is 0.310. The molecule has 0 unspecified atom stereocenters. The summed E-state index contributed by atoms with van der Waals surface area (Å²) in [5.41, 5.74) is 2.51. The van der Waals surface area contributed by atoms with Gasteiger partial charge in [0.25, 0.3) is 0 Å². The maximum Gasteiger partial charge on any atom is 0.247 e. The normalized spacial score (nSPS) is 15.9. The number of hydrogen-bond donors (Lipinski definition) is 1. The molecule has 0 bridgehead atoms. The third-order valence-electron chi connectivity index (χ3n) is 6.80. The molecule has 3 aromatic carbocycles. The first kappa shape index (κ1) is 25.5. The van der Waals surface area contributed by atoms with Crippen molar-refractivity contribution in [1.82, 2.24) is 25.2 Å². The van der Waals surface area contributed by atoms with Gasteiger partial charge in [0.2, 0.25) is 11.8 Å². The van der Waals surface area contributed by atoms with Crippen LogP contribution in [0.5, 0.6) is 0 Å². The van der Waals surface area contributed by atoms with Gasteiger partial charge in [0.1, 0.15) is 23.9 Å². The van der Waals surface area contributed by atoms with Gasteiger partial charge in [-0.25, -0.2) is 9.07 Å². The van der Waals surface area contributed by atoms with Gasteiger partial charge in [0, 0.05) is 25.3 Å². The Balaban J connectivity index is 1.47. The summed E-state index contributed by atoms with van der Waals surface area (Å²) in [6.07, 6.45) is 2.19. The number of hydrogen-bond acceptors (Lipinski definition) is 5. The second kappa shape index (κ2) is 12.0. The van der Waals surface area contributed by atoms with E-state index in [0.29, 0.717) is 30.6 Å². The summed E-state index contributed by atoms with van der Waals surface area (Å²) >= 11 is 0. The van der Waals surface area contributed by atoms with Crippen LogP contribution in [0.1, 0.15) is 30.0 Å². The number of ether oxygens (including phenoxy) is 1. The van der Waals surface area contributed by atoms with Crippen LogP contribution in [0, 0.1) is 5.82 Å². The van der Waals surface area contributed by atoms with Crippen LogP contribution in [0.2, 0.25) is 0 Å². The zero-order valence-electron chi connectivity index (χ0n) is 21.0. The highest BCUT2D eigenvalue weighted by Gasteiger charge is 2.34. The zero-order chi connectivity index (χ0) is 26.3. The molecule has 0 saturated carbocycles. The Morgan fingerprint density at radius 3 is 2.61 bits per heavy atom. The van der Waals surface area contributed by atoms with Gasteiger partial charge in [-0.05, 0) is 43.0 Å². The summed E-state index contributed by atoms with van der Waals surface area (Å²) in [7, 11) is 0. The van der Waals surface area contributed by atoms with Gasteiger partial charge in [0.05, 0.1) is 11.6 Å². The predicted molar refractivity (Wildman–Crippen MR) is 141 cm³/mol. The van der Waals surface area contributed by atoms with Gasteiger partial charge in [-0.2, -0.15) is 0 Å². The molecule has 1 aromatic heterocycles. The molecule has 0 radical (unpaired) electrons. The fourth-order valence-corrected chi connectivity index (χ4v) is 4.81. The molecule has 0 spiro atoms. The maximum atomic E-state index is 15.1. The van der Waals surface area contributed by atoms with E-state index >= 15 is 4.39 Å². The monoisotopic (exact) mass is 515 g/mol.